The molecule has 0 saturated carbocycles. The molecular weight excluding hydrogens is 542 g/mol. The number of nitrogens with zero attached hydrogens (tertiary/aromatic N) is 1. The van der Waals surface area contributed by atoms with Gasteiger partial charge in [0.1, 0.15) is 0 Å². The zero-order chi connectivity index (χ0) is 33.5. The topological polar surface area (TPSA) is 3.24 Å². The molecule has 1 nitrogen and oxygen atoms in total. The van der Waals surface area contributed by atoms with Gasteiger partial charge in [-0.2, -0.15) is 0 Å². The van der Waals surface area contributed by atoms with Gasteiger partial charge in [-0.05, 0) is 103 Å². The zero-order valence-corrected chi connectivity index (χ0v) is 24.5. The highest BCUT2D eigenvalue weighted by molar-refractivity contribution is 5.90. The van der Waals surface area contributed by atoms with Gasteiger partial charge in [-0.1, -0.05) is 139 Å². The molecule has 0 spiro atoms. The molecule has 0 N–H and O–H groups in total. The molecule has 0 radical (unpaired) electrons. The fraction of sp³-hybridized carbons (Fsp3) is 0. The van der Waals surface area contributed by atoms with Gasteiger partial charge in [0.15, 0.2) is 0 Å². The van der Waals surface area contributed by atoms with Crippen LogP contribution in [0.15, 0.2) is 188 Å². The van der Waals surface area contributed by atoms with Gasteiger partial charge in [-0.15, -0.1) is 0 Å². The Labute approximate surface area is 269 Å². The fourth-order valence-corrected chi connectivity index (χ4v) is 5.95. The van der Waals surface area contributed by atoms with Gasteiger partial charge in [-0.25, -0.2) is 0 Å². The number of hydrogen-bond donors (Lipinski definition) is 0. The first kappa shape index (κ1) is 22.6. The van der Waals surface area contributed by atoms with E-state index in [1.54, 1.807) is 0 Å². The van der Waals surface area contributed by atoms with Gasteiger partial charge in [-0.3, -0.25) is 0 Å². The SMILES string of the molecule is [2H]c1c([2H])c(-c2ccc3ccccc3c2)c([2H])c(N(c2ccc(-c3ccccc3)cc2)c2ccc(-c3ccc4ccccc4c3)cc2)c1[2H]. The van der Waals surface area contributed by atoms with Gasteiger partial charge in [0.05, 0.1) is 5.48 Å². The molecule has 0 bridgehead atoms. The van der Waals surface area contributed by atoms with Crippen molar-refractivity contribution in [1.82, 2.24) is 0 Å². The molecule has 0 heterocycles. The first-order valence-corrected chi connectivity index (χ1v) is 15.1. The number of anilines is 3. The maximum absolute atomic E-state index is 9.56. The van der Waals surface area contributed by atoms with E-state index >= 15 is 0 Å². The minimum Gasteiger partial charge on any atom is -0.310 e. The van der Waals surface area contributed by atoms with E-state index in [2.05, 4.69) is 54.6 Å². The Morgan fingerprint density at radius 2 is 0.778 bits per heavy atom. The molecule has 0 aliphatic heterocycles. The number of benzene rings is 8. The average Bonchev–Trinajstić information content (AvgIpc) is 3.16. The summed E-state index contributed by atoms with van der Waals surface area (Å²) in [6.07, 6.45) is 0. The Hall–Kier alpha value is -5.92. The Kier molecular flexibility index (Phi) is 5.84. The lowest BCUT2D eigenvalue weighted by Crippen LogP contribution is -2.10. The second-order valence-corrected chi connectivity index (χ2v) is 11.1. The van der Waals surface area contributed by atoms with E-state index < -0.39 is 0 Å². The Bertz CT molecular complexity index is 2470. The molecular formula is C44H31N. The van der Waals surface area contributed by atoms with Crippen LogP contribution in [0.2, 0.25) is 0 Å². The van der Waals surface area contributed by atoms with Crippen molar-refractivity contribution in [3.8, 4) is 33.4 Å². The minimum atomic E-state index is -0.215. The lowest BCUT2D eigenvalue weighted by Gasteiger charge is -2.26. The van der Waals surface area contributed by atoms with Crippen LogP contribution in [0.3, 0.4) is 0 Å². The molecule has 8 rings (SSSR count). The molecule has 0 aliphatic carbocycles. The molecule has 0 fully saturated rings. The third kappa shape index (κ3) is 5.37. The smallest absolute Gasteiger partial charge is 0.0651 e. The summed E-state index contributed by atoms with van der Waals surface area (Å²) < 4.78 is 36.6. The number of rotatable bonds is 6. The van der Waals surface area contributed by atoms with Crippen LogP contribution in [0.25, 0.3) is 54.9 Å². The molecule has 1 heteroatoms. The van der Waals surface area contributed by atoms with Crippen LogP contribution < -0.4 is 4.90 Å². The lowest BCUT2D eigenvalue weighted by atomic mass is 9.99. The highest BCUT2D eigenvalue weighted by Crippen LogP contribution is 2.39. The molecule has 212 valence electrons. The van der Waals surface area contributed by atoms with Crippen molar-refractivity contribution in [2.75, 3.05) is 4.90 Å². The van der Waals surface area contributed by atoms with Crippen molar-refractivity contribution in [2.24, 2.45) is 0 Å². The first-order chi connectivity index (χ1) is 24.0. The largest absolute Gasteiger partial charge is 0.310 e. The van der Waals surface area contributed by atoms with Crippen LogP contribution in [-0.4, -0.2) is 0 Å². The van der Waals surface area contributed by atoms with E-state index in [9.17, 15) is 1.37 Å². The van der Waals surface area contributed by atoms with E-state index in [1.807, 2.05) is 114 Å². The van der Waals surface area contributed by atoms with Crippen LogP contribution >= 0.6 is 0 Å². The third-order valence-corrected chi connectivity index (χ3v) is 8.31. The van der Waals surface area contributed by atoms with Gasteiger partial charge >= 0.3 is 0 Å². The summed E-state index contributed by atoms with van der Waals surface area (Å²) in [4.78, 5) is 1.88. The van der Waals surface area contributed by atoms with Crippen molar-refractivity contribution in [3.05, 3.63) is 188 Å². The average molecular weight is 578 g/mol. The molecule has 8 aromatic carbocycles. The first-order valence-electron chi connectivity index (χ1n) is 17.1. The Morgan fingerprint density at radius 3 is 1.36 bits per heavy atom. The van der Waals surface area contributed by atoms with Crippen molar-refractivity contribution in [1.29, 1.82) is 0 Å². The van der Waals surface area contributed by atoms with E-state index in [1.165, 1.54) is 10.8 Å². The maximum atomic E-state index is 9.56. The minimum absolute atomic E-state index is 0.0343. The van der Waals surface area contributed by atoms with Crippen LogP contribution in [-0.2, 0) is 0 Å². The highest BCUT2D eigenvalue weighted by Gasteiger charge is 2.15. The fourth-order valence-electron chi connectivity index (χ4n) is 5.95. The second-order valence-electron chi connectivity index (χ2n) is 11.1. The predicted octanol–water partition coefficient (Wildman–Crippen LogP) is 12.5. The van der Waals surface area contributed by atoms with Gasteiger partial charge < -0.3 is 4.90 Å². The normalized spacial score (nSPS) is 12.4. The van der Waals surface area contributed by atoms with Crippen molar-refractivity contribution in [3.63, 3.8) is 0 Å². The summed E-state index contributed by atoms with van der Waals surface area (Å²) in [5.74, 6) is 0. The van der Waals surface area contributed by atoms with Crippen LogP contribution in [0.5, 0.6) is 0 Å². The lowest BCUT2D eigenvalue weighted by molar-refractivity contribution is 1.28. The maximum Gasteiger partial charge on any atom is 0.0651 e. The summed E-state index contributed by atoms with van der Waals surface area (Å²) in [5.41, 5.74) is 7.05. The summed E-state index contributed by atoms with van der Waals surface area (Å²) in [5, 5.41) is 4.39. The van der Waals surface area contributed by atoms with Crippen LogP contribution in [0.1, 0.15) is 5.48 Å². The predicted molar refractivity (Wildman–Crippen MR) is 192 cm³/mol. The van der Waals surface area contributed by atoms with Gasteiger partial charge in [0.2, 0.25) is 0 Å². The Morgan fingerprint density at radius 1 is 0.333 bits per heavy atom. The van der Waals surface area contributed by atoms with E-state index in [4.69, 9.17) is 4.11 Å². The molecule has 0 aliphatic rings. The van der Waals surface area contributed by atoms with Crippen LogP contribution in [0.4, 0.5) is 17.1 Å². The number of hydrogen-bond acceptors (Lipinski definition) is 1. The molecule has 0 unspecified atom stereocenters. The van der Waals surface area contributed by atoms with E-state index in [0.717, 1.165) is 44.4 Å². The van der Waals surface area contributed by atoms with Crippen molar-refractivity contribution < 1.29 is 5.48 Å². The van der Waals surface area contributed by atoms with Crippen LogP contribution in [0, 0.1) is 0 Å². The summed E-state index contributed by atoms with van der Waals surface area (Å²) >= 11 is 0. The third-order valence-electron chi connectivity index (χ3n) is 8.31. The molecule has 0 atom stereocenters. The monoisotopic (exact) mass is 577 g/mol. The highest BCUT2D eigenvalue weighted by atomic mass is 15.1. The van der Waals surface area contributed by atoms with Gasteiger partial charge in [0, 0.05) is 17.1 Å². The summed E-state index contributed by atoms with van der Waals surface area (Å²) in [6.45, 7) is 0. The number of fused-ring (bicyclic) bond motifs is 2. The standard InChI is InChI=1S/C44H31N/c1-2-9-32(10-3-1)35-21-25-42(26-22-35)45(43-27-23-36(24-28-43)40-19-17-33-11-4-6-13-37(33)29-40)44-16-8-15-39(31-44)41-20-18-34-12-5-7-14-38(34)30-41/h1-31H/i8D,15D,16D,31D. The van der Waals surface area contributed by atoms with E-state index in [0.29, 0.717) is 11.1 Å². The molecule has 8 aromatic rings. The molecule has 0 saturated heterocycles. The summed E-state index contributed by atoms with van der Waals surface area (Å²) in [6, 6.07) is 54.4. The molecule has 45 heavy (non-hydrogen) atoms. The van der Waals surface area contributed by atoms with Gasteiger partial charge in [0.25, 0.3) is 0 Å². The Balaban J connectivity index is 1.29. The summed E-state index contributed by atoms with van der Waals surface area (Å²) in [7, 11) is 0. The molecule has 0 amide bonds. The van der Waals surface area contributed by atoms with E-state index in [-0.39, 0.29) is 29.9 Å². The second kappa shape index (κ2) is 11.6. The zero-order valence-electron chi connectivity index (χ0n) is 28.5. The van der Waals surface area contributed by atoms with Crippen molar-refractivity contribution in [2.45, 2.75) is 0 Å². The molecule has 0 aromatic heterocycles. The van der Waals surface area contributed by atoms with Crippen molar-refractivity contribution >= 4 is 38.6 Å². The quantitative estimate of drug-likeness (QED) is 0.190.